The Balaban J connectivity index is 1.42. The van der Waals surface area contributed by atoms with Gasteiger partial charge in [-0.3, -0.25) is 0 Å². The van der Waals surface area contributed by atoms with Gasteiger partial charge in [0.2, 0.25) is 10.0 Å². The summed E-state index contributed by atoms with van der Waals surface area (Å²) in [5, 5.41) is 5.30. The highest BCUT2D eigenvalue weighted by Crippen LogP contribution is 2.34. The third kappa shape index (κ3) is 3.79. The molecule has 1 aliphatic rings. The van der Waals surface area contributed by atoms with Crippen LogP contribution in [0.3, 0.4) is 0 Å². The third-order valence-corrected chi connectivity index (χ3v) is 9.02. The van der Waals surface area contributed by atoms with Gasteiger partial charge in [0.25, 0.3) is 0 Å². The van der Waals surface area contributed by atoms with Crippen molar-refractivity contribution >= 4 is 75.0 Å². The van der Waals surface area contributed by atoms with E-state index >= 15 is 0 Å². The fourth-order valence-corrected chi connectivity index (χ4v) is 6.97. The number of aromatic nitrogens is 2. The summed E-state index contributed by atoms with van der Waals surface area (Å²) in [5.41, 5.74) is 1.62. The van der Waals surface area contributed by atoms with Crippen LogP contribution in [0.1, 0.15) is 0 Å². The van der Waals surface area contributed by atoms with Gasteiger partial charge in [-0.05, 0) is 43.4 Å². The zero-order valence-corrected chi connectivity index (χ0v) is 19.2. The minimum atomic E-state index is -3.51. The van der Waals surface area contributed by atoms with Crippen LogP contribution in [0.5, 0.6) is 0 Å². The summed E-state index contributed by atoms with van der Waals surface area (Å²) in [6.45, 7) is 2.49. The molecule has 0 aliphatic carbocycles. The lowest BCUT2D eigenvalue weighted by Gasteiger charge is -2.31. The minimum Gasteiger partial charge on any atom is -0.307 e. The number of sulfonamides is 1. The molecule has 2 aromatic carbocycles. The molecule has 0 bridgehead atoms. The zero-order chi connectivity index (χ0) is 20.9. The van der Waals surface area contributed by atoms with Gasteiger partial charge in [-0.2, -0.15) is 4.31 Å². The minimum absolute atomic E-state index is 0.310. The average molecular weight is 480 g/mol. The van der Waals surface area contributed by atoms with E-state index in [1.54, 1.807) is 22.5 Å². The molecule has 2 aromatic heterocycles. The number of anilines is 2. The predicted molar refractivity (Wildman–Crippen MR) is 124 cm³/mol. The van der Waals surface area contributed by atoms with Crippen molar-refractivity contribution in [2.24, 2.45) is 0 Å². The fourth-order valence-electron chi connectivity index (χ4n) is 3.34. The summed E-state index contributed by atoms with van der Waals surface area (Å²) in [6.07, 6.45) is 0. The molecular weight excluding hydrogens is 462 g/mol. The Bertz CT molecular complexity index is 1340. The van der Waals surface area contributed by atoms with Gasteiger partial charge in [0, 0.05) is 31.2 Å². The third-order valence-electron chi connectivity index (χ3n) is 5.02. The molecule has 7 nitrogen and oxygen atoms in total. The molecule has 1 aliphatic heterocycles. The van der Waals surface area contributed by atoms with E-state index in [1.807, 2.05) is 25.2 Å². The van der Waals surface area contributed by atoms with Crippen molar-refractivity contribution in [1.82, 2.24) is 19.2 Å². The Labute approximate surface area is 187 Å². The molecule has 0 unspecified atom stereocenters. The quantitative estimate of drug-likeness (QED) is 0.471. The van der Waals surface area contributed by atoms with E-state index in [0.717, 1.165) is 38.7 Å². The molecule has 11 heteroatoms. The first kappa shape index (κ1) is 20.1. The Morgan fingerprint density at radius 2 is 1.53 bits per heavy atom. The smallest absolute Gasteiger partial charge is 0.243 e. The van der Waals surface area contributed by atoms with Crippen LogP contribution in [0.15, 0.2) is 41.3 Å². The summed E-state index contributed by atoms with van der Waals surface area (Å²) < 4.78 is 29.4. The SMILES string of the molecule is CN1CCN(S(=O)(=O)c2ccc3nc(Nc4nc5ccc(Cl)cc5s4)sc3c2)CC1. The zero-order valence-electron chi connectivity index (χ0n) is 16.0. The van der Waals surface area contributed by atoms with Gasteiger partial charge in [0.15, 0.2) is 10.3 Å². The highest BCUT2D eigenvalue weighted by molar-refractivity contribution is 7.89. The van der Waals surface area contributed by atoms with Crippen LogP contribution in [0.4, 0.5) is 10.3 Å². The number of likely N-dealkylation sites (N-methyl/N-ethyl adjacent to an activating group) is 1. The molecule has 0 amide bonds. The lowest BCUT2D eigenvalue weighted by molar-refractivity contribution is 0.222. The first-order chi connectivity index (χ1) is 14.4. The van der Waals surface area contributed by atoms with Crippen LogP contribution in [-0.2, 0) is 10.0 Å². The van der Waals surface area contributed by atoms with Crippen LogP contribution in [0.2, 0.25) is 5.02 Å². The van der Waals surface area contributed by atoms with Crippen LogP contribution < -0.4 is 5.32 Å². The second-order valence-electron chi connectivity index (χ2n) is 7.11. The monoisotopic (exact) mass is 479 g/mol. The first-order valence-corrected chi connectivity index (χ1v) is 12.8. The van der Waals surface area contributed by atoms with Crippen molar-refractivity contribution in [2.75, 3.05) is 38.5 Å². The second-order valence-corrected chi connectivity index (χ2v) is 11.5. The number of hydrogen-bond donors (Lipinski definition) is 1. The fraction of sp³-hybridized carbons (Fsp3) is 0.263. The molecule has 156 valence electrons. The molecular formula is C19H18ClN5O2S3. The number of fused-ring (bicyclic) bond motifs is 2. The van der Waals surface area contributed by atoms with Gasteiger partial charge in [-0.15, -0.1) is 0 Å². The Morgan fingerprint density at radius 1 is 0.933 bits per heavy atom. The molecule has 1 saturated heterocycles. The maximum absolute atomic E-state index is 13.0. The molecule has 0 radical (unpaired) electrons. The number of rotatable bonds is 4. The van der Waals surface area contributed by atoms with Crippen LogP contribution >= 0.6 is 34.3 Å². The topological polar surface area (TPSA) is 78.4 Å². The summed E-state index contributed by atoms with van der Waals surface area (Å²) in [5.74, 6) is 0. The standard InChI is InChI=1S/C19H18ClN5O2S3/c1-24-6-8-25(9-7-24)30(26,27)13-3-5-15-17(11-13)29-19(22-15)23-18-21-14-4-2-12(20)10-16(14)28-18/h2-5,10-11H,6-9H2,1H3,(H,21,22,23). The highest BCUT2D eigenvalue weighted by atomic mass is 35.5. The molecule has 0 atom stereocenters. The van der Waals surface area contributed by atoms with Crippen molar-refractivity contribution in [3.8, 4) is 0 Å². The van der Waals surface area contributed by atoms with Gasteiger partial charge in [-0.1, -0.05) is 34.3 Å². The summed E-state index contributed by atoms with van der Waals surface area (Å²) in [7, 11) is -1.50. The number of hydrogen-bond acceptors (Lipinski definition) is 8. The normalized spacial score (nSPS) is 16.5. The lowest BCUT2D eigenvalue weighted by Crippen LogP contribution is -2.46. The van der Waals surface area contributed by atoms with Crippen molar-refractivity contribution in [1.29, 1.82) is 0 Å². The summed E-state index contributed by atoms with van der Waals surface area (Å²) in [6, 6.07) is 10.7. The van der Waals surface area contributed by atoms with Gasteiger partial charge in [0.05, 0.1) is 25.3 Å². The number of halogens is 1. The molecule has 3 heterocycles. The number of piperazine rings is 1. The Hall–Kier alpha value is -1.82. The Kier molecular flexibility index (Phi) is 5.16. The predicted octanol–water partition coefficient (Wildman–Crippen LogP) is 4.24. The molecule has 0 spiro atoms. The summed E-state index contributed by atoms with van der Waals surface area (Å²) >= 11 is 8.96. The molecule has 1 fully saturated rings. The average Bonchev–Trinajstić information content (AvgIpc) is 3.30. The number of nitrogens with zero attached hydrogens (tertiary/aromatic N) is 4. The van der Waals surface area contributed by atoms with E-state index < -0.39 is 10.0 Å². The molecule has 4 aromatic rings. The van der Waals surface area contributed by atoms with E-state index in [-0.39, 0.29) is 0 Å². The van der Waals surface area contributed by atoms with Crippen molar-refractivity contribution in [3.05, 3.63) is 41.4 Å². The van der Waals surface area contributed by atoms with Gasteiger partial charge in [-0.25, -0.2) is 18.4 Å². The van der Waals surface area contributed by atoms with E-state index in [2.05, 4.69) is 20.2 Å². The van der Waals surface area contributed by atoms with Crippen molar-refractivity contribution in [3.63, 3.8) is 0 Å². The van der Waals surface area contributed by atoms with E-state index in [4.69, 9.17) is 11.6 Å². The second kappa shape index (κ2) is 7.70. The van der Waals surface area contributed by atoms with Crippen LogP contribution in [-0.4, -0.2) is 60.8 Å². The number of nitrogens with one attached hydrogen (secondary N) is 1. The van der Waals surface area contributed by atoms with Crippen LogP contribution in [0.25, 0.3) is 20.4 Å². The van der Waals surface area contributed by atoms with Gasteiger partial charge >= 0.3 is 0 Å². The molecule has 5 rings (SSSR count). The van der Waals surface area contributed by atoms with E-state index in [0.29, 0.717) is 28.1 Å². The Morgan fingerprint density at radius 3 is 2.20 bits per heavy atom. The highest BCUT2D eigenvalue weighted by Gasteiger charge is 2.27. The lowest BCUT2D eigenvalue weighted by atomic mass is 10.3. The van der Waals surface area contributed by atoms with Crippen molar-refractivity contribution < 1.29 is 8.42 Å². The summed E-state index contributed by atoms with van der Waals surface area (Å²) in [4.78, 5) is 11.6. The number of thiazole rings is 2. The van der Waals surface area contributed by atoms with Gasteiger partial charge < -0.3 is 10.2 Å². The van der Waals surface area contributed by atoms with Crippen molar-refractivity contribution in [2.45, 2.75) is 4.90 Å². The maximum atomic E-state index is 13.0. The maximum Gasteiger partial charge on any atom is 0.243 e. The van der Waals surface area contributed by atoms with E-state index in [9.17, 15) is 8.42 Å². The van der Waals surface area contributed by atoms with E-state index in [1.165, 1.54) is 22.7 Å². The number of benzene rings is 2. The van der Waals surface area contributed by atoms with Gasteiger partial charge in [0.1, 0.15) is 0 Å². The molecule has 0 saturated carbocycles. The molecule has 30 heavy (non-hydrogen) atoms. The van der Waals surface area contributed by atoms with Crippen LogP contribution in [0, 0.1) is 0 Å². The molecule has 1 N–H and O–H groups in total. The first-order valence-electron chi connectivity index (χ1n) is 9.31. The largest absolute Gasteiger partial charge is 0.307 e.